The number of halogens is 4. The first-order valence-corrected chi connectivity index (χ1v) is 11.9. The number of carbonyl (C=O) groups is 1. The van der Waals surface area contributed by atoms with Crippen LogP contribution >= 0.6 is 0 Å². The molecule has 0 bridgehead atoms. The van der Waals surface area contributed by atoms with E-state index in [1.807, 2.05) is 0 Å². The van der Waals surface area contributed by atoms with Crippen LogP contribution in [0.4, 0.5) is 39.5 Å². The molecule has 2 aromatic carbocycles. The molecule has 13 heteroatoms. The number of hydrogen-bond donors (Lipinski definition) is 3. The summed E-state index contributed by atoms with van der Waals surface area (Å²) in [6.45, 7) is 0. The van der Waals surface area contributed by atoms with E-state index in [0.29, 0.717) is 28.0 Å². The van der Waals surface area contributed by atoms with Gasteiger partial charge in [0.1, 0.15) is 23.1 Å². The average molecular weight is 561 g/mol. The monoisotopic (exact) mass is 561 g/mol. The van der Waals surface area contributed by atoms with E-state index in [2.05, 4.69) is 30.6 Å². The number of nitrogens with one attached hydrogen (secondary N) is 2. The third-order valence-electron chi connectivity index (χ3n) is 5.67. The van der Waals surface area contributed by atoms with Crippen molar-refractivity contribution in [2.75, 3.05) is 16.4 Å². The van der Waals surface area contributed by atoms with Crippen molar-refractivity contribution in [3.63, 3.8) is 0 Å². The summed E-state index contributed by atoms with van der Waals surface area (Å²) < 4.78 is 58.9. The minimum Gasteiger partial charge on any atom is -0.424 e. The predicted octanol–water partition coefficient (Wildman–Crippen LogP) is 6.78. The van der Waals surface area contributed by atoms with Gasteiger partial charge >= 0.3 is 18.2 Å². The van der Waals surface area contributed by atoms with Crippen LogP contribution in [0.5, 0.6) is 11.8 Å². The topological polar surface area (TPSA) is 128 Å². The van der Waals surface area contributed by atoms with Crippen molar-refractivity contribution in [2.24, 2.45) is 0 Å². The van der Waals surface area contributed by atoms with E-state index in [1.165, 1.54) is 18.5 Å². The highest BCUT2D eigenvalue weighted by atomic mass is 19.4. The van der Waals surface area contributed by atoms with Crippen molar-refractivity contribution >= 4 is 23.2 Å². The summed E-state index contributed by atoms with van der Waals surface area (Å²) >= 11 is 0. The Morgan fingerprint density at radius 2 is 1.46 bits per heavy atom. The number of nitrogens with zero attached hydrogens (tertiary/aromatic N) is 4. The van der Waals surface area contributed by atoms with E-state index in [0.717, 1.165) is 18.5 Å². The van der Waals surface area contributed by atoms with Gasteiger partial charge in [0.05, 0.1) is 30.0 Å². The second-order valence-corrected chi connectivity index (χ2v) is 8.53. The summed E-state index contributed by atoms with van der Waals surface area (Å²) in [4.78, 5) is 28.0. The molecule has 0 atom stereocenters. The molecule has 0 saturated carbocycles. The van der Waals surface area contributed by atoms with E-state index in [9.17, 15) is 22.4 Å². The number of alkyl halides is 3. The number of aromatic nitrogens is 4. The largest absolute Gasteiger partial charge is 0.433 e. The molecule has 0 aliphatic heterocycles. The molecule has 0 aliphatic carbocycles. The van der Waals surface area contributed by atoms with E-state index >= 15 is 0 Å². The molecule has 4 N–H and O–H groups in total. The molecule has 0 fully saturated rings. The van der Waals surface area contributed by atoms with Crippen LogP contribution in [0.2, 0.25) is 0 Å². The van der Waals surface area contributed by atoms with Gasteiger partial charge < -0.3 is 21.1 Å². The van der Waals surface area contributed by atoms with E-state index < -0.39 is 23.7 Å². The second-order valence-electron chi connectivity index (χ2n) is 8.53. The number of pyridine rings is 2. The molecule has 41 heavy (non-hydrogen) atoms. The standard InChI is InChI=1S/C28H19F4N7O2/c29-18-10-21(25(33)35-12-18)17-6-8-20(9-7-17)41-27-36-13-19(14-37-27)38-26(40)39-23-11-24(28(30,31)32)34-15-22(23)16-4-2-1-3-5-16/h1-15H,(H2,33,35)(H2,34,38,39,40). The number of hydrogen-bond acceptors (Lipinski definition) is 7. The van der Waals surface area contributed by atoms with E-state index in [4.69, 9.17) is 10.5 Å². The Labute approximate surface area is 230 Å². The molecule has 0 aliphatic rings. The number of anilines is 3. The van der Waals surface area contributed by atoms with Crippen molar-refractivity contribution in [1.29, 1.82) is 0 Å². The van der Waals surface area contributed by atoms with Gasteiger partial charge in [0.15, 0.2) is 0 Å². The fourth-order valence-corrected chi connectivity index (χ4v) is 3.77. The highest BCUT2D eigenvalue weighted by Gasteiger charge is 2.33. The third-order valence-corrected chi connectivity index (χ3v) is 5.67. The summed E-state index contributed by atoms with van der Waals surface area (Å²) in [5.41, 5.74) is 6.67. The van der Waals surface area contributed by atoms with Gasteiger partial charge in [-0.25, -0.2) is 24.1 Å². The molecule has 2 amide bonds. The second kappa shape index (κ2) is 11.3. The van der Waals surface area contributed by atoms with Gasteiger partial charge in [0, 0.05) is 17.3 Å². The first-order chi connectivity index (χ1) is 19.7. The maximum Gasteiger partial charge on any atom is 0.433 e. The molecule has 0 unspecified atom stereocenters. The highest BCUT2D eigenvalue weighted by molar-refractivity contribution is 6.02. The van der Waals surface area contributed by atoms with Gasteiger partial charge in [-0.15, -0.1) is 0 Å². The number of rotatable bonds is 6. The molecule has 0 saturated heterocycles. The van der Waals surface area contributed by atoms with Crippen LogP contribution in [0.1, 0.15) is 5.69 Å². The maximum atomic E-state index is 13.5. The molecule has 9 nitrogen and oxygen atoms in total. The summed E-state index contributed by atoms with van der Waals surface area (Å²) in [7, 11) is 0. The van der Waals surface area contributed by atoms with Crippen LogP contribution in [0.3, 0.4) is 0 Å². The zero-order chi connectivity index (χ0) is 29.0. The summed E-state index contributed by atoms with van der Waals surface area (Å²) in [6.07, 6.45) is -0.0847. The average Bonchev–Trinajstić information content (AvgIpc) is 2.96. The van der Waals surface area contributed by atoms with Crippen molar-refractivity contribution in [1.82, 2.24) is 19.9 Å². The fourth-order valence-electron chi connectivity index (χ4n) is 3.77. The molecule has 0 radical (unpaired) electrons. The van der Waals surface area contributed by atoms with Gasteiger partial charge in [0.25, 0.3) is 0 Å². The van der Waals surface area contributed by atoms with E-state index in [-0.39, 0.29) is 23.2 Å². The maximum absolute atomic E-state index is 13.5. The zero-order valence-corrected chi connectivity index (χ0v) is 20.9. The van der Waals surface area contributed by atoms with Gasteiger partial charge in [-0.3, -0.25) is 4.98 Å². The van der Waals surface area contributed by atoms with Gasteiger partial charge in [-0.2, -0.15) is 13.2 Å². The Morgan fingerprint density at radius 3 is 2.15 bits per heavy atom. The first kappa shape index (κ1) is 27.0. The summed E-state index contributed by atoms with van der Waals surface area (Å²) in [5.74, 6) is 0.0343. The van der Waals surface area contributed by atoms with Crippen molar-refractivity contribution in [2.45, 2.75) is 6.18 Å². The Bertz CT molecular complexity index is 1680. The Kier molecular flexibility index (Phi) is 7.41. The van der Waals surface area contributed by atoms with Crippen LogP contribution in [0, 0.1) is 5.82 Å². The van der Waals surface area contributed by atoms with Crippen LogP contribution in [-0.4, -0.2) is 26.0 Å². The molecule has 0 spiro atoms. The van der Waals surface area contributed by atoms with Crippen molar-refractivity contribution in [3.8, 4) is 34.0 Å². The summed E-state index contributed by atoms with van der Waals surface area (Å²) in [6, 6.07) is 16.3. The summed E-state index contributed by atoms with van der Waals surface area (Å²) in [5, 5.41) is 4.91. The third kappa shape index (κ3) is 6.53. The minimum absolute atomic E-state index is 0.0361. The Hall–Kier alpha value is -5.59. The molecular weight excluding hydrogens is 542 g/mol. The molecule has 3 heterocycles. The quantitative estimate of drug-likeness (QED) is 0.195. The zero-order valence-electron chi connectivity index (χ0n) is 20.9. The number of carbonyl (C=O) groups excluding carboxylic acids is 1. The van der Waals surface area contributed by atoms with E-state index in [1.54, 1.807) is 54.6 Å². The number of urea groups is 1. The molecule has 206 valence electrons. The lowest BCUT2D eigenvalue weighted by molar-refractivity contribution is -0.141. The molecule has 5 aromatic rings. The lowest BCUT2D eigenvalue weighted by atomic mass is 10.1. The van der Waals surface area contributed by atoms with Crippen LogP contribution < -0.4 is 21.1 Å². The normalized spacial score (nSPS) is 11.1. The number of ether oxygens (including phenoxy) is 1. The van der Waals surface area contributed by atoms with Crippen LogP contribution in [0.25, 0.3) is 22.3 Å². The molecular formula is C28H19F4N7O2. The van der Waals surface area contributed by atoms with Crippen molar-refractivity contribution < 1.29 is 27.1 Å². The van der Waals surface area contributed by atoms with Crippen molar-refractivity contribution in [3.05, 3.63) is 103 Å². The van der Waals surface area contributed by atoms with Crippen LogP contribution in [0.15, 0.2) is 91.5 Å². The lowest BCUT2D eigenvalue weighted by Crippen LogP contribution is -2.21. The Balaban J connectivity index is 1.26. The Morgan fingerprint density at radius 1 is 0.780 bits per heavy atom. The molecule has 3 aromatic heterocycles. The number of nitrogens with two attached hydrogens (primary N) is 1. The van der Waals surface area contributed by atoms with Gasteiger partial charge in [-0.05, 0) is 35.4 Å². The predicted molar refractivity (Wildman–Crippen MR) is 143 cm³/mol. The fraction of sp³-hybridized carbons (Fsp3) is 0.0357. The van der Waals surface area contributed by atoms with Crippen LogP contribution in [-0.2, 0) is 6.18 Å². The van der Waals surface area contributed by atoms with Gasteiger partial charge in [0.2, 0.25) is 0 Å². The molecule has 5 rings (SSSR count). The SMILES string of the molecule is Nc1ncc(F)cc1-c1ccc(Oc2ncc(NC(=O)Nc3cc(C(F)(F)F)ncc3-c3ccccc3)cn2)cc1. The highest BCUT2D eigenvalue weighted by Crippen LogP contribution is 2.34. The lowest BCUT2D eigenvalue weighted by Gasteiger charge is -2.14. The number of benzene rings is 2. The smallest absolute Gasteiger partial charge is 0.424 e. The number of nitrogen functional groups attached to an aromatic ring is 1. The van der Waals surface area contributed by atoms with Gasteiger partial charge in [-0.1, -0.05) is 42.5 Å². The first-order valence-electron chi connectivity index (χ1n) is 11.9. The number of amides is 2. The minimum atomic E-state index is -4.70.